The van der Waals surface area contributed by atoms with E-state index in [9.17, 15) is 10.1 Å². The first kappa shape index (κ1) is 13.8. The molecular formula is C13H17NO2S. The Balaban J connectivity index is 2.81. The summed E-state index contributed by atoms with van der Waals surface area (Å²) in [5, 5.41) is 10.5. The van der Waals surface area contributed by atoms with Gasteiger partial charge in [-0.1, -0.05) is 30.7 Å². The van der Waals surface area contributed by atoms with Crippen LogP contribution in [-0.2, 0) is 0 Å². The van der Waals surface area contributed by atoms with Crippen molar-refractivity contribution in [2.45, 2.75) is 38.5 Å². The Kier molecular flexibility index (Phi) is 5.22. The van der Waals surface area contributed by atoms with Crippen LogP contribution in [0.3, 0.4) is 0 Å². The maximum atomic E-state index is 10.5. The van der Waals surface area contributed by atoms with Crippen molar-refractivity contribution in [1.82, 2.24) is 0 Å². The molecule has 1 aromatic rings. The van der Waals surface area contributed by atoms with E-state index in [0.29, 0.717) is 0 Å². The fourth-order valence-electron chi connectivity index (χ4n) is 1.41. The van der Waals surface area contributed by atoms with E-state index < -0.39 is 0 Å². The number of rotatable bonds is 5. The molecule has 3 nitrogen and oxygen atoms in total. The van der Waals surface area contributed by atoms with Crippen LogP contribution < -0.4 is 0 Å². The largest absolute Gasteiger partial charge is 0.269 e. The fourth-order valence-corrected chi connectivity index (χ4v) is 2.48. The molecule has 0 bridgehead atoms. The second kappa shape index (κ2) is 6.45. The van der Waals surface area contributed by atoms with E-state index in [0.717, 1.165) is 17.7 Å². The van der Waals surface area contributed by atoms with E-state index in [1.54, 1.807) is 36.0 Å². The Labute approximate surface area is 106 Å². The van der Waals surface area contributed by atoms with Crippen molar-refractivity contribution >= 4 is 17.4 Å². The number of nitro groups is 1. The lowest BCUT2D eigenvalue weighted by molar-refractivity contribution is -0.384. The van der Waals surface area contributed by atoms with Crippen LogP contribution in [0.2, 0.25) is 0 Å². The highest BCUT2D eigenvalue weighted by Gasteiger charge is 2.06. The van der Waals surface area contributed by atoms with Crippen molar-refractivity contribution < 1.29 is 4.92 Å². The molecule has 0 aliphatic carbocycles. The molecule has 0 fully saturated rings. The monoisotopic (exact) mass is 251 g/mol. The van der Waals surface area contributed by atoms with Crippen LogP contribution in [0.15, 0.2) is 39.6 Å². The van der Waals surface area contributed by atoms with Gasteiger partial charge >= 0.3 is 0 Å². The molecule has 0 atom stereocenters. The van der Waals surface area contributed by atoms with E-state index >= 15 is 0 Å². The fraction of sp³-hybridized carbons (Fsp3) is 0.385. The van der Waals surface area contributed by atoms with E-state index in [1.165, 1.54) is 10.5 Å². The van der Waals surface area contributed by atoms with Gasteiger partial charge in [0.25, 0.3) is 5.69 Å². The van der Waals surface area contributed by atoms with E-state index in [2.05, 4.69) is 20.8 Å². The number of thioether (sulfide) groups is 1. The van der Waals surface area contributed by atoms with E-state index in [-0.39, 0.29) is 10.6 Å². The molecule has 0 saturated heterocycles. The summed E-state index contributed by atoms with van der Waals surface area (Å²) in [5.74, 6) is 0. The maximum absolute atomic E-state index is 10.5. The van der Waals surface area contributed by atoms with Crippen LogP contribution in [0.25, 0.3) is 0 Å². The molecule has 0 aliphatic heterocycles. The smallest absolute Gasteiger partial charge is 0.258 e. The Bertz CT molecular complexity index is 420. The minimum atomic E-state index is -0.373. The van der Waals surface area contributed by atoms with Gasteiger partial charge in [0.1, 0.15) is 0 Å². The van der Waals surface area contributed by atoms with Gasteiger partial charge in [0.05, 0.1) is 4.92 Å². The molecule has 17 heavy (non-hydrogen) atoms. The highest BCUT2D eigenvalue weighted by atomic mass is 32.2. The summed E-state index contributed by atoms with van der Waals surface area (Å²) in [6.07, 6.45) is 2.17. The highest BCUT2D eigenvalue weighted by molar-refractivity contribution is 8.03. The molecule has 0 spiro atoms. The van der Waals surface area contributed by atoms with Gasteiger partial charge in [-0.15, -0.1) is 0 Å². The lowest BCUT2D eigenvalue weighted by atomic mass is 10.2. The van der Waals surface area contributed by atoms with Gasteiger partial charge in [0.2, 0.25) is 0 Å². The third-order valence-electron chi connectivity index (χ3n) is 2.32. The van der Waals surface area contributed by atoms with Gasteiger partial charge in [0.15, 0.2) is 0 Å². The standard InChI is InChI=1S/C13H17NO2S/c1-4-5-13(10(2)3)17-12-8-6-11(7-9-12)14(15)16/h6-9H,4-5H2,1-3H3. The summed E-state index contributed by atoms with van der Waals surface area (Å²) in [4.78, 5) is 12.6. The molecule has 0 N–H and O–H groups in total. The third-order valence-corrected chi connectivity index (χ3v) is 3.69. The summed E-state index contributed by atoms with van der Waals surface area (Å²) in [6.45, 7) is 6.35. The number of nitrogens with zero attached hydrogens (tertiary/aromatic N) is 1. The molecular weight excluding hydrogens is 234 g/mol. The van der Waals surface area contributed by atoms with Crippen molar-refractivity contribution in [2.24, 2.45) is 0 Å². The molecule has 4 heteroatoms. The quantitative estimate of drug-likeness (QED) is 0.429. The van der Waals surface area contributed by atoms with Crippen LogP contribution in [0.5, 0.6) is 0 Å². The molecule has 1 rings (SSSR count). The van der Waals surface area contributed by atoms with Gasteiger partial charge in [-0.25, -0.2) is 0 Å². The average molecular weight is 251 g/mol. The predicted molar refractivity (Wildman–Crippen MR) is 72.2 cm³/mol. The molecule has 0 saturated carbocycles. The lowest BCUT2D eigenvalue weighted by Crippen LogP contribution is -1.87. The number of non-ortho nitro benzene ring substituents is 1. The Morgan fingerprint density at radius 1 is 1.29 bits per heavy atom. The number of benzene rings is 1. The molecule has 0 amide bonds. The van der Waals surface area contributed by atoms with Crippen molar-refractivity contribution in [3.8, 4) is 0 Å². The van der Waals surface area contributed by atoms with Crippen LogP contribution in [0.4, 0.5) is 5.69 Å². The van der Waals surface area contributed by atoms with Crippen LogP contribution in [-0.4, -0.2) is 4.92 Å². The zero-order chi connectivity index (χ0) is 12.8. The van der Waals surface area contributed by atoms with Crippen molar-refractivity contribution in [1.29, 1.82) is 0 Å². The average Bonchev–Trinajstić information content (AvgIpc) is 2.29. The summed E-state index contributed by atoms with van der Waals surface area (Å²) in [6, 6.07) is 6.72. The van der Waals surface area contributed by atoms with Crippen molar-refractivity contribution in [3.63, 3.8) is 0 Å². The second-order valence-corrected chi connectivity index (χ2v) is 5.19. The summed E-state index contributed by atoms with van der Waals surface area (Å²) in [5.41, 5.74) is 1.46. The SMILES string of the molecule is CCCC(Sc1ccc([N+](=O)[O-])cc1)=C(C)C. The Morgan fingerprint density at radius 2 is 1.88 bits per heavy atom. The number of hydrogen-bond acceptors (Lipinski definition) is 3. The van der Waals surface area contributed by atoms with E-state index in [4.69, 9.17) is 0 Å². The normalized spacial score (nSPS) is 10.1. The van der Waals surface area contributed by atoms with Gasteiger partial charge in [-0.3, -0.25) is 10.1 Å². The summed E-state index contributed by atoms with van der Waals surface area (Å²) < 4.78 is 0. The summed E-state index contributed by atoms with van der Waals surface area (Å²) >= 11 is 1.70. The third kappa shape index (κ3) is 4.23. The first-order chi connectivity index (χ1) is 8.04. The predicted octanol–water partition coefficient (Wildman–Crippen LogP) is 4.78. The molecule has 0 aromatic heterocycles. The molecule has 0 unspecified atom stereocenters. The first-order valence-electron chi connectivity index (χ1n) is 5.63. The minimum Gasteiger partial charge on any atom is -0.258 e. The van der Waals surface area contributed by atoms with Crippen LogP contribution in [0.1, 0.15) is 33.6 Å². The van der Waals surface area contributed by atoms with Crippen molar-refractivity contribution in [2.75, 3.05) is 0 Å². The Morgan fingerprint density at radius 3 is 2.29 bits per heavy atom. The van der Waals surface area contributed by atoms with Gasteiger partial charge in [0, 0.05) is 17.0 Å². The second-order valence-electron chi connectivity index (χ2n) is 4.03. The number of nitro benzene ring substituents is 1. The van der Waals surface area contributed by atoms with Crippen molar-refractivity contribution in [3.05, 3.63) is 44.9 Å². The van der Waals surface area contributed by atoms with Crippen LogP contribution >= 0.6 is 11.8 Å². The topological polar surface area (TPSA) is 43.1 Å². The number of allylic oxidation sites excluding steroid dienone is 2. The highest BCUT2D eigenvalue weighted by Crippen LogP contribution is 2.32. The zero-order valence-corrected chi connectivity index (χ0v) is 11.2. The molecule has 0 aliphatic rings. The zero-order valence-electron chi connectivity index (χ0n) is 10.4. The minimum absolute atomic E-state index is 0.142. The van der Waals surface area contributed by atoms with Gasteiger partial charge < -0.3 is 0 Å². The Hall–Kier alpha value is -1.29. The van der Waals surface area contributed by atoms with Gasteiger partial charge in [-0.2, -0.15) is 0 Å². The molecule has 0 radical (unpaired) electrons. The maximum Gasteiger partial charge on any atom is 0.269 e. The first-order valence-corrected chi connectivity index (χ1v) is 6.45. The summed E-state index contributed by atoms with van der Waals surface area (Å²) in [7, 11) is 0. The molecule has 1 aromatic carbocycles. The molecule has 0 heterocycles. The van der Waals surface area contributed by atoms with E-state index in [1.807, 2.05) is 0 Å². The van der Waals surface area contributed by atoms with Gasteiger partial charge in [-0.05, 0) is 37.3 Å². The molecule has 92 valence electrons. The number of hydrogen-bond donors (Lipinski definition) is 0. The van der Waals surface area contributed by atoms with Crippen LogP contribution in [0, 0.1) is 10.1 Å². The lowest BCUT2D eigenvalue weighted by Gasteiger charge is -2.08.